The highest BCUT2D eigenvalue weighted by Gasteiger charge is 2.01. The number of hydrogen-bond donors (Lipinski definition) is 3. The van der Waals surface area contributed by atoms with Gasteiger partial charge in [0.2, 0.25) is 0 Å². The fourth-order valence-corrected chi connectivity index (χ4v) is 1.04. The lowest BCUT2D eigenvalue weighted by Gasteiger charge is -2.10. The summed E-state index contributed by atoms with van der Waals surface area (Å²) < 4.78 is 5.50. The minimum absolute atomic E-state index is 0.0666. The number of benzene rings is 1. The highest BCUT2D eigenvalue weighted by atomic mass is 16.5. The van der Waals surface area contributed by atoms with Gasteiger partial charge in [-0.05, 0) is 30.8 Å². The first-order chi connectivity index (χ1) is 7.13. The van der Waals surface area contributed by atoms with Crippen LogP contribution < -0.4 is 16.2 Å². The van der Waals surface area contributed by atoms with E-state index < -0.39 is 0 Å². The maximum atomic E-state index is 7.23. The van der Waals surface area contributed by atoms with Gasteiger partial charge in [-0.3, -0.25) is 5.41 Å². The Kier molecular flexibility index (Phi) is 4.12. The number of rotatable bonds is 5. The summed E-state index contributed by atoms with van der Waals surface area (Å²) in [6.45, 7) is 3.26. The van der Waals surface area contributed by atoms with Crippen molar-refractivity contribution in [2.75, 3.05) is 13.2 Å². The van der Waals surface area contributed by atoms with Crippen molar-refractivity contribution in [2.24, 2.45) is 17.4 Å². The second-order valence-corrected chi connectivity index (χ2v) is 3.59. The molecule has 15 heavy (non-hydrogen) atoms. The van der Waals surface area contributed by atoms with E-state index in [2.05, 4.69) is 0 Å². The molecule has 0 aliphatic carbocycles. The van der Waals surface area contributed by atoms with Crippen LogP contribution in [0.25, 0.3) is 0 Å². The van der Waals surface area contributed by atoms with Gasteiger partial charge in [-0.2, -0.15) is 0 Å². The monoisotopic (exact) mass is 207 g/mol. The second kappa shape index (κ2) is 5.36. The highest BCUT2D eigenvalue weighted by molar-refractivity contribution is 5.94. The Balaban J connectivity index is 2.53. The van der Waals surface area contributed by atoms with Gasteiger partial charge in [-0.15, -0.1) is 0 Å². The maximum Gasteiger partial charge on any atom is 0.122 e. The zero-order valence-electron chi connectivity index (χ0n) is 8.86. The second-order valence-electron chi connectivity index (χ2n) is 3.59. The predicted molar refractivity (Wildman–Crippen MR) is 61.2 cm³/mol. The molecule has 1 unspecified atom stereocenters. The topological polar surface area (TPSA) is 85.1 Å². The summed E-state index contributed by atoms with van der Waals surface area (Å²) in [5, 5.41) is 7.23. The molecule has 82 valence electrons. The first-order valence-corrected chi connectivity index (χ1v) is 4.90. The molecule has 5 N–H and O–H groups in total. The third-order valence-corrected chi connectivity index (χ3v) is 2.10. The molecule has 0 fully saturated rings. The molecule has 0 aliphatic heterocycles. The quantitative estimate of drug-likeness (QED) is 0.496. The van der Waals surface area contributed by atoms with Gasteiger partial charge in [0.25, 0.3) is 0 Å². The van der Waals surface area contributed by atoms with Crippen LogP contribution in [0, 0.1) is 11.3 Å². The van der Waals surface area contributed by atoms with E-state index in [1.54, 1.807) is 24.3 Å². The zero-order valence-corrected chi connectivity index (χ0v) is 8.86. The third-order valence-electron chi connectivity index (χ3n) is 2.10. The van der Waals surface area contributed by atoms with Crippen LogP contribution in [0.5, 0.6) is 5.75 Å². The van der Waals surface area contributed by atoms with Crippen molar-refractivity contribution in [1.29, 1.82) is 5.41 Å². The van der Waals surface area contributed by atoms with Crippen molar-refractivity contribution < 1.29 is 4.74 Å². The van der Waals surface area contributed by atoms with Crippen LogP contribution in [0.3, 0.4) is 0 Å². The van der Waals surface area contributed by atoms with Gasteiger partial charge < -0.3 is 16.2 Å². The van der Waals surface area contributed by atoms with Gasteiger partial charge in [-0.1, -0.05) is 6.92 Å². The minimum atomic E-state index is 0.0666. The summed E-state index contributed by atoms with van der Waals surface area (Å²) in [7, 11) is 0. The number of nitrogens with one attached hydrogen (secondary N) is 1. The molecule has 0 saturated heterocycles. The normalized spacial score (nSPS) is 12.1. The molecule has 0 aromatic heterocycles. The molecule has 1 aromatic carbocycles. The van der Waals surface area contributed by atoms with Crippen molar-refractivity contribution in [3.63, 3.8) is 0 Å². The van der Waals surface area contributed by atoms with Crippen molar-refractivity contribution in [3.05, 3.63) is 29.8 Å². The minimum Gasteiger partial charge on any atom is -0.493 e. The number of nitrogens with two attached hydrogens (primary N) is 2. The molecule has 4 heteroatoms. The number of ether oxygens (including phenoxy) is 1. The third kappa shape index (κ3) is 3.59. The first kappa shape index (κ1) is 11.5. The van der Waals surface area contributed by atoms with Gasteiger partial charge >= 0.3 is 0 Å². The molecule has 0 heterocycles. The van der Waals surface area contributed by atoms with Crippen LogP contribution >= 0.6 is 0 Å². The number of nitrogen functional groups attached to an aromatic ring is 1. The van der Waals surface area contributed by atoms with E-state index in [9.17, 15) is 0 Å². The Hall–Kier alpha value is -1.55. The summed E-state index contributed by atoms with van der Waals surface area (Å²) in [4.78, 5) is 0. The summed E-state index contributed by atoms with van der Waals surface area (Å²) >= 11 is 0. The molecule has 0 amide bonds. The molecule has 0 bridgehead atoms. The van der Waals surface area contributed by atoms with Gasteiger partial charge in [0.15, 0.2) is 0 Å². The van der Waals surface area contributed by atoms with E-state index in [-0.39, 0.29) is 5.84 Å². The molecule has 1 atom stereocenters. The van der Waals surface area contributed by atoms with E-state index in [0.29, 0.717) is 24.6 Å². The Labute approximate surface area is 89.7 Å². The standard InChI is InChI=1S/C11H17N3O/c1-8(6-12)7-15-10-4-2-9(3-5-10)11(13)14/h2-5,8H,6-7,12H2,1H3,(H3,13,14). The van der Waals surface area contributed by atoms with Gasteiger partial charge in [-0.25, -0.2) is 0 Å². The van der Waals surface area contributed by atoms with Crippen molar-refractivity contribution >= 4 is 5.84 Å². The number of amidine groups is 1. The fourth-order valence-electron chi connectivity index (χ4n) is 1.04. The summed E-state index contributed by atoms with van der Waals surface area (Å²) in [6.07, 6.45) is 0. The molecule has 0 aliphatic rings. The van der Waals surface area contributed by atoms with Crippen LogP contribution in [0.2, 0.25) is 0 Å². The SMILES string of the molecule is CC(CN)COc1ccc(C(=N)N)cc1. The van der Waals surface area contributed by atoms with Crippen molar-refractivity contribution in [3.8, 4) is 5.75 Å². The van der Waals surface area contributed by atoms with Crippen molar-refractivity contribution in [1.82, 2.24) is 0 Å². The van der Waals surface area contributed by atoms with Crippen molar-refractivity contribution in [2.45, 2.75) is 6.92 Å². The van der Waals surface area contributed by atoms with Crippen LogP contribution in [-0.4, -0.2) is 19.0 Å². The molecule has 0 radical (unpaired) electrons. The summed E-state index contributed by atoms with van der Waals surface area (Å²) in [5.74, 6) is 1.19. The average Bonchev–Trinajstić information content (AvgIpc) is 2.26. The van der Waals surface area contributed by atoms with Gasteiger partial charge in [0.05, 0.1) is 6.61 Å². The molecule has 0 spiro atoms. The maximum absolute atomic E-state index is 7.23. The molecular formula is C11H17N3O. The smallest absolute Gasteiger partial charge is 0.122 e. The Morgan fingerprint density at radius 3 is 2.47 bits per heavy atom. The lowest BCUT2D eigenvalue weighted by Crippen LogP contribution is -2.18. The van der Waals surface area contributed by atoms with E-state index in [1.807, 2.05) is 6.92 Å². The fraction of sp³-hybridized carbons (Fsp3) is 0.364. The van der Waals surface area contributed by atoms with Crippen LogP contribution in [0.1, 0.15) is 12.5 Å². The van der Waals surface area contributed by atoms with Crippen LogP contribution in [0.4, 0.5) is 0 Å². The largest absolute Gasteiger partial charge is 0.493 e. The molecular weight excluding hydrogens is 190 g/mol. The number of hydrogen-bond acceptors (Lipinski definition) is 3. The molecule has 1 aromatic rings. The van der Waals surface area contributed by atoms with Crippen LogP contribution in [-0.2, 0) is 0 Å². The lowest BCUT2D eigenvalue weighted by atomic mass is 10.2. The van der Waals surface area contributed by atoms with E-state index in [1.165, 1.54) is 0 Å². The summed E-state index contributed by atoms with van der Waals surface area (Å²) in [5.41, 5.74) is 11.5. The molecule has 1 rings (SSSR count). The van der Waals surface area contributed by atoms with E-state index in [0.717, 1.165) is 5.75 Å². The van der Waals surface area contributed by atoms with Gasteiger partial charge in [0.1, 0.15) is 11.6 Å². The van der Waals surface area contributed by atoms with E-state index in [4.69, 9.17) is 21.6 Å². The predicted octanol–water partition coefficient (Wildman–Crippen LogP) is 0.944. The first-order valence-electron chi connectivity index (χ1n) is 4.90. The Morgan fingerprint density at radius 2 is 2.00 bits per heavy atom. The van der Waals surface area contributed by atoms with E-state index >= 15 is 0 Å². The average molecular weight is 207 g/mol. The lowest BCUT2D eigenvalue weighted by molar-refractivity contribution is 0.264. The Morgan fingerprint density at radius 1 is 1.40 bits per heavy atom. The van der Waals surface area contributed by atoms with Gasteiger partial charge in [0, 0.05) is 11.5 Å². The zero-order chi connectivity index (χ0) is 11.3. The highest BCUT2D eigenvalue weighted by Crippen LogP contribution is 2.12. The Bertz CT molecular complexity index is 321. The van der Waals surface area contributed by atoms with Crippen LogP contribution in [0.15, 0.2) is 24.3 Å². The summed E-state index contributed by atoms with van der Waals surface area (Å²) in [6, 6.07) is 7.15. The molecule has 4 nitrogen and oxygen atoms in total. The molecule has 0 saturated carbocycles.